The van der Waals surface area contributed by atoms with Crippen LogP contribution in [0.25, 0.3) is 0 Å². The molecule has 1 spiro atoms. The van der Waals surface area contributed by atoms with Crippen molar-refractivity contribution in [2.75, 3.05) is 26.8 Å². The van der Waals surface area contributed by atoms with Crippen molar-refractivity contribution < 1.29 is 9.47 Å². The number of hydrogen-bond acceptors (Lipinski definition) is 3. The highest BCUT2D eigenvalue weighted by molar-refractivity contribution is 5.80. The Labute approximate surface area is 150 Å². The zero-order valence-electron chi connectivity index (χ0n) is 15.0. The first kappa shape index (κ1) is 16.9. The van der Waals surface area contributed by atoms with Gasteiger partial charge in [0.2, 0.25) is 0 Å². The normalized spacial score (nSPS) is 29.6. The molecular weight excluding hydrogens is 314 g/mol. The fourth-order valence-corrected chi connectivity index (χ4v) is 4.80. The SMILES string of the molecule is CN=C(NCCOCc1ccccc1)NC1C2CCOC2C12CCC2. The van der Waals surface area contributed by atoms with Crippen molar-refractivity contribution in [1.82, 2.24) is 10.6 Å². The van der Waals surface area contributed by atoms with Crippen LogP contribution in [0.1, 0.15) is 31.2 Å². The highest BCUT2D eigenvalue weighted by Gasteiger charge is 2.66. The molecule has 0 radical (unpaired) electrons. The van der Waals surface area contributed by atoms with E-state index in [-0.39, 0.29) is 0 Å². The summed E-state index contributed by atoms with van der Waals surface area (Å²) in [5.74, 6) is 1.55. The summed E-state index contributed by atoms with van der Waals surface area (Å²) in [6, 6.07) is 10.8. The molecule has 1 aromatic carbocycles. The average molecular weight is 343 g/mol. The molecule has 2 N–H and O–H groups in total. The van der Waals surface area contributed by atoms with E-state index in [0.29, 0.717) is 36.7 Å². The molecule has 5 heteroatoms. The summed E-state index contributed by atoms with van der Waals surface area (Å²) in [7, 11) is 1.84. The van der Waals surface area contributed by atoms with Crippen molar-refractivity contribution in [3.63, 3.8) is 0 Å². The summed E-state index contributed by atoms with van der Waals surface area (Å²) in [6.07, 6.45) is 5.60. The molecule has 1 saturated heterocycles. The summed E-state index contributed by atoms with van der Waals surface area (Å²) in [4.78, 5) is 4.40. The second kappa shape index (κ2) is 7.34. The molecule has 3 fully saturated rings. The van der Waals surface area contributed by atoms with E-state index in [0.717, 1.165) is 19.1 Å². The Balaban J connectivity index is 1.21. The van der Waals surface area contributed by atoms with E-state index in [1.807, 2.05) is 25.2 Å². The third-order valence-electron chi connectivity index (χ3n) is 6.20. The van der Waals surface area contributed by atoms with Crippen LogP contribution in [-0.2, 0) is 16.1 Å². The zero-order chi connectivity index (χ0) is 17.1. The van der Waals surface area contributed by atoms with Gasteiger partial charge in [0, 0.05) is 37.6 Å². The first-order valence-electron chi connectivity index (χ1n) is 9.54. The molecule has 4 rings (SSSR count). The minimum absolute atomic E-state index is 0.378. The van der Waals surface area contributed by atoms with Gasteiger partial charge in [-0.05, 0) is 24.8 Å². The molecule has 3 atom stereocenters. The lowest BCUT2D eigenvalue weighted by atomic mass is 9.46. The van der Waals surface area contributed by atoms with Gasteiger partial charge in [-0.25, -0.2) is 0 Å². The van der Waals surface area contributed by atoms with Gasteiger partial charge < -0.3 is 20.1 Å². The quantitative estimate of drug-likeness (QED) is 0.473. The molecule has 0 bridgehead atoms. The van der Waals surface area contributed by atoms with Gasteiger partial charge in [0.15, 0.2) is 5.96 Å². The molecule has 0 aromatic heterocycles. The molecule has 0 amide bonds. The number of guanidine groups is 1. The van der Waals surface area contributed by atoms with Crippen LogP contribution >= 0.6 is 0 Å². The van der Waals surface area contributed by atoms with Crippen LogP contribution in [0.5, 0.6) is 0 Å². The van der Waals surface area contributed by atoms with Gasteiger partial charge in [0.05, 0.1) is 19.3 Å². The van der Waals surface area contributed by atoms with Gasteiger partial charge in [0.1, 0.15) is 0 Å². The van der Waals surface area contributed by atoms with Crippen LogP contribution in [0.3, 0.4) is 0 Å². The summed E-state index contributed by atoms with van der Waals surface area (Å²) in [5, 5.41) is 7.07. The van der Waals surface area contributed by atoms with E-state index < -0.39 is 0 Å². The van der Waals surface area contributed by atoms with Gasteiger partial charge in [0.25, 0.3) is 0 Å². The molecule has 5 nitrogen and oxygen atoms in total. The van der Waals surface area contributed by atoms with E-state index in [1.165, 1.54) is 31.2 Å². The molecular formula is C20H29N3O2. The maximum atomic E-state index is 5.99. The largest absolute Gasteiger partial charge is 0.377 e. The molecule has 1 heterocycles. The molecule has 1 aromatic rings. The van der Waals surface area contributed by atoms with E-state index in [9.17, 15) is 0 Å². The summed E-state index contributed by atoms with van der Waals surface area (Å²) >= 11 is 0. The monoisotopic (exact) mass is 343 g/mol. The fourth-order valence-electron chi connectivity index (χ4n) is 4.80. The average Bonchev–Trinajstić information content (AvgIpc) is 3.02. The minimum atomic E-state index is 0.378. The van der Waals surface area contributed by atoms with Gasteiger partial charge >= 0.3 is 0 Å². The van der Waals surface area contributed by atoms with Crippen LogP contribution < -0.4 is 10.6 Å². The number of rotatable bonds is 6. The zero-order valence-corrected chi connectivity index (χ0v) is 15.0. The summed E-state index contributed by atoms with van der Waals surface area (Å²) in [5.41, 5.74) is 1.58. The summed E-state index contributed by atoms with van der Waals surface area (Å²) < 4.78 is 11.7. The Kier molecular flexibility index (Phi) is 4.95. The minimum Gasteiger partial charge on any atom is -0.377 e. The lowest BCUT2D eigenvalue weighted by molar-refractivity contribution is -0.171. The van der Waals surface area contributed by atoms with Crippen molar-refractivity contribution in [2.45, 2.75) is 44.4 Å². The van der Waals surface area contributed by atoms with E-state index in [2.05, 4.69) is 27.8 Å². The van der Waals surface area contributed by atoms with Gasteiger partial charge in [-0.3, -0.25) is 4.99 Å². The standard InChI is InChI=1S/C20H29N3O2/c1-21-19(22-11-13-24-14-15-6-3-2-4-7-15)23-17-16-8-12-25-18(16)20(17)9-5-10-20/h2-4,6-7,16-18H,5,8-14H2,1H3,(H2,21,22,23). The Morgan fingerprint density at radius 1 is 1.32 bits per heavy atom. The smallest absolute Gasteiger partial charge is 0.191 e. The van der Waals surface area contributed by atoms with Gasteiger partial charge in [-0.2, -0.15) is 0 Å². The Hall–Kier alpha value is -1.59. The van der Waals surface area contributed by atoms with Crippen molar-refractivity contribution in [3.8, 4) is 0 Å². The lowest BCUT2D eigenvalue weighted by Crippen LogP contribution is -2.72. The first-order valence-corrected chi connectivity index (χ1v) is 9.54. The van der Waals surface area contributed by atoms with Crippen molar-refractivity contribution in [1.29, 1.82) is 0 Å². The van der Waals surface area contributed by atoms with Crippen molar-refractivity contribution in [3.05, 3.63) is 35.9 Å². The van der Waals surface area contributed by atoms with E-state index in [1.54, 1.807) is 0 Å². The van der Waals surface area contributed by atoms with Crippen LogP contribution in [0.4, 0.5) is 0 Å². The van der Waals surface area contributed by atoms with E-state index >= 15 is 0 Å². The van der Waals surface area contributed by atoms with Crippen molar-refractivity contribution in [2.24, 2.45) is 16.3 Å². The second-order valence-corrected chi connectivity index (χ2v) is 7.49. The number of fused-ring (bicyclic) bond motifs is 2. The Morgan fingerprint density at radius 2 is 2.16 bits per heavy atom. The molecule has 25 heavy (non-hydrogen) atoms. The molecule has 136 valence electrons. The lowest BCUT2D eigenvalue weighted by Gasteiger charge is -2.63. The maximum Gasteiger partial charge on any atom is 0.191 e. The second-order valence-electron chi connectivity index (χ2n) is 7.49. The number of aliphatic imine (C=N–C) groups is 1. The number of hydrogen-bond donors (Lipinski definition) is 2. The highest BCUT2D eigenvalue weighted by atomic mass is 16.5. The third kappa shape index (κ3) is 3.15. The topological polar surface area (TPSA) is 54.9 Å². The van der Waals surface area contributed by atoms with Crippen LogP contribution in [0.15, 0.2) is 35.3 Å². The first-order chi connectivity index (χ1) is 12.3. The Morgan fingerprint density at radius 3 is 2.88 bits per heavy atom. The predicted octanol–water partition coefficient (Wildman–Crippen LogP) is 2.33. The van der Waals surface area contributed by atoms with Crippen LogP contribution in [0, 0.1) is 11.3 Å². The molecule has 2 aliphatic carbocycles. The molecule has 3 unspecified atom stereocenters. The predicted molar refractivity (Wildman–Crippen MR) is 98.5 cm³/mol. The number of nitrogens with zero attached hydrogens (tertiary/aromatic N) is 1. The number of benzene rings is 1. The number of ether oxygens (including phenoxy) is 2. The third-order valence-corrected chi connectivity index (χ3v) is 6.20. The molecule has 2 saturated carbocycles. The van der Waals surface area contributed by atoms with Crippen LogP contribution in [0.2, 0.25) is 0 Å². The summed E-state index contributed by atoms with van der Waals surface area (Å²) in [6.45, 7) is 3.01. The Bertz CT molecular complexity index is 600. The van der Waals surface area contributed by atoms with Crippen molar-refractivity contribution >= 4 is 5.96 Å². The fraction of sp³-hybridized carbons (Fsp3) is 0.650. The van der Waals surface area contributed by atoms with Gasteiger partial charge in [-0.1, -0.05) is 36.8 Å². The van der Waals surface area contributed by atoms with Gasteiger partial charge in [-0.15, -0.1) is 0 Å². The molecule has 3 aliphatic rings. The van der Waals surface area contributed by atoms with E-state index in [4.69, 9.17) is 9.47 Å². The maximum absolute atomic E-state index is 5.99. The van der Waals surface area contributed by atoms with Crippen LogP contribution in [-0.4, -0.2) is 44.9 Å². The molecule has 1 aliphatic heterocycles. The number of nitrogens with one attached hydrogen (secondary N) is 2. The highest BCUT2D eigenvalue weighted by Crippen LogP contribution is 2.62.